The van der Waals surface area contributed by atoms with Gasteiger partial charge in [0.1, 0.15) is 15.8 Å². The monoisotopic (exact) mass is 429 g/mol. The van der Waals surface area contributed by atoms with E-state index in [2.05, 4.69) is 26.0 Å². The number of rotatable bonds is 3. The smallest absolute Gasteiger partial charge is 0.347 e. The Balaban J connectivity index is 1.97. The molecule has 0 amide bonds. The molecule has 0 spiro atoms. The van der Waals surface area contributed by atoms with Crippen LogP contribution in [-0.2, 0) is 5.54 Å². The summed E-state index contributed by atoms with van der Waals surface area (Å²) in [4.78, 5) is 16.7. The van der Waals surface area contributed by atoms with E-state index in [-0.39, 0.29) is 17.0 Å². The summed E-state index contributed by atoms with van der Waals surface area (Å²) in [5, 5.41) is 4.76. The summed E-state index contributed by atoms with van der Waals surface area (Å²) in [7, 11) is 0. The molecule has 1 aliphatic rings. The summed E-state index contributed by atoms with van der Waals surface area (Å²) in [5.41, 5.74) is -0.654. The average molecular weight is 431 g/mol. The molecule has 0 aliphatic heterocycles. The van der Waals surface area contributed by atoms with Crippen LogP contribution in [0.15, 0.2) is 32.0 Å². The zero-order chi connectivity index (χ0) is 17.9. The molecule has 2 heterocycles. The Morgan fingerprint density at radius 1 is 1.36 bits per heavy atom. The van der Waals surface area contributed by atoms with Crippen LogP contribution in [0.5, 0.6) is 0 Å². The summed E-state index contributed by atoms with van der Waals surface area (Å²) in [6.07, 6.45) is -1.97. The fraction of sp³-hybridized carbons (Fsp3) is 0.312. The summed E-state index contributed by atoms with van der Waals surface area (Å²) >= 11 is 9.17. The predicted octanol–water partition coefficient (Wildman–Crippen LogP) is 4.53. The van der Waals surface area contributed by atoms with E-state index in [1.807, 2.05) is 0 Å². The predicted molar refractivity (Wildman–Crippen MR) is 92.2 cm³/mol. The molecule has 5 nitrogen and oxygen atoms in total. The number of aryl methyl sites for hydroxylation is 1. The third kappa shape index (κ3) is 2.58. The van der Waals surface area contributed by atoms with Gasteiger partial charge in [0.15, 0.2) is 0 Å². The van der Waals surface area contributed by atoms with Crippen LogP contribution in [0.1, 0.15) is 18.4 Å². The molecule has 0 unspecified atom stereocenters. The van der Waals surface area contributed by atoms with Crippen molar-refractivity contribution in [1.82, 2.24) is 14.8 Å². The second kappa shape index (κ2) is 5.60. The first kappa shape index (κ1) is 16.7. The van der Waals surface area contributed by atoms with Gasteiger partial charge in [0.05, 0.1) is 10.9 Å². The highest BCUT2D eigenvalue weighted by atomic mass is 79.9. The van der Waals surface area contributed by atoms with Crippen molar-refractivity contribution in [1.29, 1.82) is 0 Å². The van der Waals surface area contributed by atoms with Crippen molar-refractivity contribution >= 4 is 38.4 Å². The second-order valence-corrected chi connectivity index (χ2v) is 7.34. The minimum Gasteiger partial charge on any atom is -0.401 e. The standard InChI is InChI=1S/C16H11BrClF2N3O2/c1-7-4-8(18)5-9-12(7)21-13(25-14(9)24)10-6-11(17)22-23(10)16(2-3-16)15(19)20/h4-6,15H,2-3H2,1H3. The van der Waals surface area contributed by atoms with Crippen molar-refractivity contribution in [2.75, 3.05) is 0 Å². The number of nitrogens with zero attached hydrogens (tertiary/aromatic N) is 3. The van der Waals surface area contributed by atoms with Gasteiger partial charge in [0, 0.05) is 11.1 Å². The molecule has 1 aliphatic carbocycles. The first-order valence-electron chi connectivity index (χ1n) is 7.47. The Morgan fingerprint density at radius 3 is 2.72 bits per heavy atom. The molecule has 25 heavy (non-hydrogen) atoms. The summed E-state index contributed by atoms with van der Waals surface area (Å²) in [6, 6.07) is 4.67. The van der Waals surface area contributed by atoms with Crippen molar-refractivity contribution in [2.45, 2.75) is 31.7 Å². The molecule has 0 atom stereocenters. The van der Waals surface area contributed by atoms with Gasteiger partial charge in [-0.2, -0.15) is 5.10 Å². The Morgan fingerprint density at radius 2 is 2.08 bits per heavy atom. The highest BCUT2D eigenvalue weighted by Gasteiger charge is 2.55. The average Bonchev–Trinajstić information content (AvgIpc) is 3.25. The normalized spacial score (nSPS) is 15.9. The highest BCUT2D eigenvalue weighted by molar-refractivity contribution is 9.10. The SMILES string of the molecule is Cc1cc(Cl)cc2c(=O)oc(-c3cc(Br)nn3C3(C(F)F)CC3)nc12. The number of halogens is 4. The number of alkyl halides is 2. The Kier molecular flexibility index (Phi) is 3.73. The van der Waals surface area contributed by atoms with Crippen molar-refractivity contribution < 1.29 is 13.2 Å². The van der Waals surface area contributed by atoms with Gasteiger partial charge in [-0.05, 0) is 53.4 Å². The maximum Gasteiger partial charge on any atom is 0.347 e. The largest absolute Gasteiger partial charge is 0.401 e. The van der Waals surface area contributed by atoms with Crippen LogP contribution in [-0.4, -0.2) is 21.2 Å². The van der Waals surface area contributed by atoms with E-state index in [1.165, 1.54) is 16.8 Å². The maximum absolute atomic E-state index is 13.5. The molecule has 0 saturated heterocycles. The van der Waals surface area contributed by atoms with Gasteiger partial charge in [-0.3, -0.25) is 0 Å². The number of hydrogen-bond acceptors (Lipinski definition) is 4. The first-order chi connectivity index (χ1) is 11.8. The van der Waals surface area contributed by atoms with Gasteiger partial charge in [-0.25, -0.2) is 23.2 Å². The quantitative estimate of drug-likeness (QED) is 0.612. The molecule has 1 fully saturated rings. The molecular formula is C16H11BrClF2N3O2. The minimum absolute atomic E-state index is 0.0481. The number of benzene rings is 1. The van der Waals surface area contributed by atoms with E-state index in [1.54, 1.807) is 13.0 Å². The fourth-order valence-corrected chi connectivity index (χ4v) is 3.56. The van der Waals surface area contributed by atoms with Crippen LogP contribution < -0.4 is 5.63 Å². The Hall–Kier alpha value is -1.80. The lowest BCUT2D eigenvalue weighted by molar-refractivity contribution is 0.0609. The van der Waals surface area contributed by atoms with Crippen molar-refractivity contribution in [3.05, 3.63) is 43.8 Å². The fourth-order valence-electron chi connectivity index (χ4n) is 2.91. The molecule has 4 rings (SSSR count). The molecule has 0 radical (unpaired) electrons. The molecule has 0 bridgehead atoms. The maximum atomic E-state index is 13.5. The lowest BCUT2D eigenvalue weighted by Gasteiger charge is -2.17. The van der Waals surface area contributed by atoms with Gasteiger partial charge in [0.25, 0.3) is 6.43 Å². The summed E-state index contributed by atoms with van der Waals surface area (Å²) in [6.45, 7) is 1.76. The third-order valence-corrected chi connectivity index (χ3v) is 4.98. The van der Waals surface area contributed by atoms with E-state index in [0.29, 0.717) is 33.5 Å². The topological polar surface area (TPSA) is 60.9 Å². The van der Waals surface area contributed by atoms with Crippen molar-refractivity contribution in [3.8, 4) is 11.6 Å². The molecule has 9 heteroatoms. The molecule has 2 aromatic heterocycles. The molecule has 0 N–H and O–H groups in total. The van der Waals surface area contributed by atoms with Crippen LogP contribution >= 0.6 is 27.5 Å². The highest BCUT2D eigenvalue weighted by Crippen LogP contribution is 2.50. The molecule has 1 saturated carbocycles. The Bertz CT molecular complexity index is 1060. The number of fused-ring (bicyclic) bond motifs is 1. The zero-order valence-corrected chi connectivity index (χ0v) is 15.2. The van der Waals surface area contributed by atoms with Crippen LogP contribution in [0.3, 0.4) is 0 Å². The minimum atomic E-state index is -2.58. The van der Waals surface area contributed by atoms with Crippen LogP contribution in [0.4, 0.5) is 8.78 Å². The summed E-state index contributed by atoms with van der Waals surface area (Å²) < 4.78 is 33.9. The first-order valence-corrected chi connectivity index (χ1v) is 8.64. The second-order valence-electron chi connectivity index (χ2n) is 6.09. The van der Waals surface area contributed by atoms with Gasteiger partial charge in [0.2, 0.25) is 5.89 Å². The van der Waals surface area contributed by atoms with Gasteiger partial charge < -0.3 is 4.42 Å². The van der Waals surface area contributed by atoms with E-state index in [4.69, 9.17) is 16.0 Å². The van der Waals surface area contributed by atoms with Gasteiger partial charge >= 0.3 is 5.63 Å². The molecule has 130 valence electrons. The number of aromatic nitrogens is 3. The lowest BCUT2D eigenvalue weighted by atomic mass is 10.1. The van der Waals surface area contributed by atoms with E-state index in [9.17, 15) is 13.6 Å². The van der Waals surface area contributed by atoms with Crippen LogP contribution in [0.2, 0.25) is 5.02 Å². The van der Waals surface area contributed by atoms with Gasteiger partial charge in [-0.15, -0.1) is 0 Å². The van der Waals surface area contributed by atoms with Gasteiger partial charge in [-0.1, -0.05) is 11.6 Å². The molecule has 1 aromatic carbocycles. The number of hydrogen-bond donors (Lipinski definition) is 0. The summed E-state index contributed by atoms with van der Waals surface area (Å²) in [5.74, 6) is -0.0481. The van der Waals surface area contributed by atoms with E-state index < -0.39 is 17.6 Å². The molecule has 3 aromatic rings. The molecular weight excluding hydrogens is 420 g/mol. The van der Waals surface area contributed by atoms with Crippen LogP contribution in [0.25, 0.3) is 22.5 Å². The zero-order valence-electron chi connectivity index (χ0n) is 12.9. The third-order valence-electron chi connectivity index (χ3n) is 4.38. The van der Waals surface area contributed by atoms with E-state index in [0.717, 1.165) is 0 Å². The van der Waals surface area contributed by atoms with Crippen molar-refractivity contribution in [2.24, 2.45) is 0 Å². The van der Waals surface area contributed by atoms with Crippen molar-refractivity contribution in [3.63, 3.8) is 0 Å². The van der Waals surface area contributed by atoms with Crippen LogP contribution in [0, 0.1) is 6.92 Å². The lowest BCUT2D eigenvalue weighted by Crippen LogP contribution is -2.28. The van der Waals surface area contributed by atoms with E-state index >= 15 is 0 Å². The Labute approximate surface area is 153 Å².